The number of anilines is 1. The van der Waals surface area contributed by atoms with Crippen LogP contribution in [0.5, 0.6) is 0 Å². The van der Waals surface area contributed by atoms with E-state index in [0.29, 0.717) is 5.69 Å². The smallest absolute Gasteiger partial charge is 0.335 e. The first-order chi connectivity index (χ1) is 16.0. The van der Waals surface area contributed by atoms with Crippen LogP contribution >= 0.6 is 0 Å². The summed E-state index contributed by atoms with van der Waals surface area (Å²) in [7, 11) is 0. The Labute approximate surface area is 192 Å². The van der Waals surface area contributed by atoms with Crippen LogP contribution in [0.25, 0.3) is 0 Å². The Morgan fingerprint density at radius 3 is 1.94 bits per heavy atom. The van der Waals surface area contributed by atoms with Gasteiger partial charge >= 0.3 is 12.0 Å². The van der Waals surface area contributed by atoms with E-state index in [2.05, 4.69) is 10.6 Å². The molecule has 0 bridgehead atoms. The number of nitrogens with one attached hydrogen (secondary N) is 2. The minimum atomic E-state index is -1.08. The molecular formula is C26H25N3O4. The van der Waals surface area contributed by atoms with Crippen molar-refractivity contribution in [3.8, 4) is 0 Å². The van der Waals surface area contributed by atoms with E-state index in [1.54, 1.807) is 12.1 Å². The average Bonchev–Trinajstić information content (AvgIpc) is 3.29. The van der Waals surface area contributed by atoms with Crippen molar-refractivity contribution >= 4 is 23.6 Å². The van der Waals surface area contributed by atoms with Crippen LogP contribution in [0.2, 0.25) is 0 Å². The molecule has 7 heteroatoms. The Morgan fingerprint density at radius 2 is 1.39 bits per heavy atom. The quantitative estimate of drug-likeness (QED) is 0.518. The molecule has 0 aromatic heterocycles. The molecule has 168 valence electrons. The Morgan fingerprint density at radius 1 is 0.818 bits per heavy atom. The first-order valence-electron chi connectivity index (χ1n) is 10.8. The molecule has 2 atom stereocenters. The molecule has 1 heterocycles. The number of nitrogens with zero attached hydrogens (tertiary/aromatic N) is 1. The van der Waals surface area contributed by atoms with Gasteiger partial charge in [-0.05, 0) is 42.2 Å². The zero-order valence-corrected chi connectivity index (χ0v) is 18.0. The Hall–Kier alpha value is -4.13. The number of carboxylic acids is 1. The van der Waals surface area contributed by atoms with Crippen molar-refractivity contribution in [2.75, 3.05) is 11.9 Å². The van der Waals surface area contributed by atoms with Crippen LogP contribution in [0.15, 0.2) is 84.9 Å². The van der Waals surface area contributed by atoms with E-state index < -0.39 is 12.0 Å². The van der Waals surface area contributed by atoms with Gasteiger partial charge in [0.25, 0.3) is 0 Å². The largest absolute Gasteiger partial charge is 0.478 e. The van der Waals surface area contributed by atoms with Crippen molar-refractivity contribution in [3.63, 3.8) is 0 Å². The summed E-state index contributed by atoms with van der Waals surface area (Å²) in [5.41, 5.74) is 2.54. The van der Waals surface area contributed by atoms with Gasteiger partial charge in [-0.3, -0.25) is 4.79 Å². The number of hydrogen-bond donors (Lipinski definition) is 3. The highest BCUT2D eigenvalue weighted by Crippen LogP contribution is 2.43. The number of carbonyl (C=O) groups is 3. The van der Waals surface area contributed by atoms with Crippen molar-refractivity contribution in [3.05, 3.63) is 102 Å². The molecule has 0 saturated carbocycles. The third-order valence-corrected chi connectivity index (χ3v) is 5.81. The van der Waals surface area contributed by atoms with Gasteiger partial charge in [0.15, 0.2) is 0 Å². The summed E-state index contributed by atoms with van der Waals surface area (Å²) in [5.74, 6) is -1.26. The summed E-state index contributed by atoms with van der Waals surface area (Å²) < 4.78 is 0. The first kappa shape index (κ1) is 22.1. The fraction of sp³-hybridized carbons (Fsp3) is 0.192. The van der Waals surface area contributed by atoms with Crippen molar-refractivity contribution in [1.82, 2.24) is 10.2 Å². The van der Waals surface area contributed by atoms with Crippen molar-refractivity contribution in [2.24, 2.45) is 0 Å². The summed E-state index contributed by atoms with van der Waals surface area (Å²) in [4.78, 5) is 38.7. The number of hydrogen-bond acceptors (Lipinski definition) is 3. The lowest BCUT2D eigenvalue weighted by molar-refractivity contribution is -0.133. The van der Waals surface area contributed by atoms with E-state index in [0.717, 1.165) is 24.0 Å². The molecule has 0 aliphatic carbocycles. The molecule has 33 heavy (non-hydrogen) atoms. The summed E-state index contributed by atoms with van der Waals surface area (Å²) in [6.07, 6.45) is 1.67. The lowest BCUT2D eigenvalue weighted by atomic mass is 10.0. The summed E-state index contributed by atoms with van der Waals surface area (Å²) in [6, 6.07) is 25.1. The third kappa shape index (κ3) is 5.20. The summed E-state index contributed by atoms with van der Waals surface area (Å²) in [6.45, 7) is -0.170. The summed E-state index contributed by atoms with van der Waals surface area (Å²) in [5, 5.41) is 14.3. The molecule has 3 N–H and O–H groups in total. The first-order valence-corrected chi connectivity index (χ1v) is 10.8. The van der Waals surface area contributed by atoms with Crippen LogP contribution < -0.4 is 10.6 Å². The van der Waals surface area contributed by atoms with E-state index in [1.165, 1.54) is 12.1 Å². The topological polar surface area (TPSA) is 98.7 Å². The van der Waals surface area contributed by atoms with Gasteiger partial charge in [0.05, 0.1) is 24.2 Å². The second kappa shape index (κ2) is 9.99. The molecule has 0 radical (unpaired) electrons. The number of benzene rings is 3. The number of carboxylic acid groups (broad SMARTS) is 1. The molecule has 7 nitrogen and oxygen atoms in total. The normalized spacial score (nSPS) is 17.4. The Balaban J connectivity index is 1.47. The van der Waals surface area contributed by atoms with Crippen LogP contribution in [0.3, 0.4) is 0 Å². The zero-order valence-electron chi connectivity index (χ0n) is 18.0. The van der Waals surface area contributed by atoms with Gasteiger partial charge in [-0.25, -0.2) is 9.59 Å². The minimum Gasteiger partial charge on any atom is -0.478 e. The van der Waals surface area contributed by atoms with E-state index in [9.17, 15) is 14.4 Å². The number of carbonyl (C=O) groups excluding carboxylic acids is 2. The number of urea groups is 1. The molecule has 1 aliphatic rings. The number of likely N-dealkylation sites (tertiary alicyclic amines) is 1. The van der Waals surface area contributed by atoms with Crippen molar-refractivity contribution < 1.29 is 19.5 Å². The number of amides is 3. The predicted octanol–water partition coefficient (Wildman–Crippen LogP) is 4.61. The van der Waals surface area contributed by atoms with Gasteiger partial charge in [-0.15, -0.1) is 0 Å². The third-order valence-electron chi connectivity index (χ3n) is 5.81. The monoisotopic (exact) mass is 443 g/mol. The molecule has 4 rings (SSSR count). The van der Waals surface area contributed by atoms with Gasteiger partial charge in [0.1, 0.15) is 0 Å². The van der Waals surface area contributed by atoms with Gasteiger partial charge < -0.3 is 20.6 Å². The molecule has 1 fully saturated rings. The summed E-state index contributed by atoms with van der Waals surface area (Å²) >= 11 is 0. The van der Waals surface area contributed by atoms with Crippen LogP contribution in [-0.2, 0) is 4.79 Å². The van der Waals surface area contributed by atoms with Crippen LogP contribution in [0.4, 0.5) is 10.5 Å². The number of aromatic carboxylic acids is 1. The zero-order chi connectivity index (χ0) is 23.2. The molecule has 1 saturated heterocycles. The highest BCUT2D eigenvalue weighted by molar-refractivity contribution is 5.94. The van der Waals surface area contributed by atoms with Gasteiger partial charge in [0.2, 0.25) is 5.91 Å². The highest BCUT2D eigenvalue weighted by atomic mass is 16.4. The van der Waals surface area contributed by atoms with E-state index in [-0.39, 0.29) is 30.1 Å². The molecule has 3 amide bonds. The maximum absolute atomic E-state index is 13.3. The second-order valence-electron chi connectivity index (χ2n) is 7.92. The molecule has 3 aromatic carbocycles. The van der Waals surface area contributed by atoms with Gasteiger partial charge in [0, 0.05) is 5.69 Å². The molecule has 2 unspecified atom stereocenters. The van der Waals surface area contributed by atoms with E-state index in [1.807, 2.05) is 65.6 Å². The Kier molecular flexibility index (Phi) is 6.69. The van der Waals surface area contributed by atoms with Gasteiger partial charge in [-0.2, -0.15) is 0 Å². The predicted molar refractivity (Wildman–Crippen MR) is 125 cm³/mol. The van der Waals surface area contributed by atoms with Gasteiger partial charge in [-0.1, -0.05) is 66.7 Å². The average molecular weight is 444 g/mol. The lowest BCUT2D eigenvalue weighted by Gasteiger charge is -2.31. The van der Waals surface area contributed by atoms with Crippen LogP contribution in [-0.4, -0.2) is 34.5 Å². The van der Waals surface area contributed by atoms with E-state index >= 15 is 0 Å². The molecule has 3 aromatic rings. The fourth-order valence-electron chi connectivity index (χ4n) is 4.32. The molecule has 1 aliphatic heterocycles. The van der Waals surface area contributed by atoms with Crippen molar-refractivity contribution in [2.45, 2.75) is 24.9 Å². The fourth-order valence-corrected chi connectivity index (χ4v) is 4.32. The number of rotatable bonds is 6. The van der Waals surface area contributed by atoms with Crippen LogP contribution in [0.1, 0.15) is 46.4 Å². The minimum absolute atomic E-state index is 0.0670. The Bertz CT molecular complexity index is 1090. The van der Waals surface area contributed by atoms with Crippen LogP contribution in [0, 0.1) is 0 Å². The molecule has 0 spiro atoms. The highest BCUT2D eigenvalue weighted by Gasteiger charge is 2.38. The lowest BCUT2D eigenvalue weighted by Crippen LogP contribution is -2.42. The maximum Gasteiger partial charge on any atom is 0.335 e. The SMILES string of the molecule is O=C(NCC(=O)N1C(c2ccccc2)CCC1c1ccccc1)Nc1cccc(C(=O)O)c1. The maximum atomic E-state index is 13.3. The molecular weight excluding hydrogens is 418 g/mol. The second-order valence-corrected chi connectivity index (χ2v) is 7.92. The van der Waals surface area contributed by atoms with E-state index in [4.69, 9.17) is 5.11 Å². The van der Waals surface area contributed by atoms with Crippen molar-refractivity contribution in [1.29, 1.82) is 0 Å². The standard InChI is InChI=1S/C26H25N3O4/c30-24(17-27-26(33)28-21-13-7-12-20(16-21)25(31)32)29-22(18-8-3-1-4-9-18)14-15-23(29)19-10-5-2-6-11-19/h1-13,16,22-23H,14-15,17H2,(H,31,32)(H2,27,28,33).